The van der Waals surface area contributed by atoms with Gasteiger partial charge >= 0.3 is 0 Å². The fraction of sp³-hybridized carbons (Fsp3) is 0.0667. The number of aromatic nitrogens is 5. The topological polar surface area (TPSA) is 56.0 Å². The summed E-state index contributed by atoms with van der Waals surface area (Å²) in [6.45, 7) is 1.87. The number of rotatable bonds is 1. The summed E-state index contributed by atoms with van der Waals surface area (Å²) >= 11 is 12.6. The lowest BCUT2D eigenvalue weighted by atomic mass is 10.2. The van der Waals surface area contributed by atoms with Crippen molar-refractivity contribution in [1.82, 2.24) is 24.6 Å². The third-order valence-corrected chi connectivity index (χ3v) is 4.08. The second-order valence-electron chi connectivity index (χ2n) is 4.82. The lowest BCUT2D eigenvalue weighted by molar-refractivity contribution is 1.10. The van der Waals surface area contributed by atoms with Gasteiger partial charge in [0.25, 0.3) is 0 Å². The Hall–Kier alpha value is -2.24. The second kappa shape index (κ2) is 4.90. The van der Waals surface area contributed by atoms with Crippen molar-refractivity contribution in [3.05, 3.63) is 52.3 Å². The van der Waals surface area contributed by atoms with E-state index in [2.05, 4.69) is 20.2 Å². The summed E-state index contributed by atoms with van der Waals surface area (Å²) in [5.41, 5.74) is 3.48. The predicted octanol–water partition coefficient (Wildman–Crippen LogP) is 3.95. The van der Waals surface area contributed by atoms with E-state index < -0.39 is 0 Å². The van der Waals surface area contributed by atoms with Gasteiger partial charge in [-0.15, -0.1) is 10.2 Å². The highest BCUT2D eigenvalue weighted by Gasteiger charge is 2.18. The molecule has 0 saturated carbocycles. The monoisotopic (exact) mass is 329 g/mol. The van der Waals surface area contributed by atoms with Crippen LogP contribution < -0.4 is 0 Å². The molecule has 3 aromatic heterocycles. The number of pyridine rings is 1. The fourth-order valence-electron chi connectivity index (χ4n) is 2.48. The van der Waals surface area contributed by atoms with E-state index in [1.165, 1.54) is 0 Å². The standard InChI is InChI=1S/C15H9Cl2N5/c1-8-14-20-21-15(12-9(16)4-2-5-10(12)17)22(14)11-6-3-7-18-13(11)19-8/h2-7H,1H3. The van der Waals surface area contributed by atoms with Gasteiger partial charge in [-0.05, 0) is 31.2 Å². The highest BCUT2D eigenvalue weighted by molar-refractivity contribution is 6.39. The molecule has 22 heavy (non-hydrogen) atoms. The average Bonchev–Trinajstić information content (AvgIpc) is 2.93. The first-order valence-corrected chi connectivity index (χ1v) is 7.33. The minimum absolute atomic E-state index is 0.522. The Morgan fingerprint density at radius 1 is 1.00 bits per heavy atom. The molecule has 0 spiro atoms. The van der Waals surface area contributed by atoms with Crippen molar-refractivity contribution in [3.8, 4) is 11.4 Å². The average molecular weight is 330 g/mol. The number of hydrogen-bond donors (Lipinski definition) is 0. The highest BCUT2D eigenvalue weighted by Crippen LogP contribution is 2.34. The summed E-state index contributed by atoms with van der Waals surface area (Å²) in [4.78, 5) is 8.75. The van der Waals surface area contributed by atoms with Gasteiger partial charge in [-0.2, -0.15) is 0 Å². The molecular formula is C15H9Cl2N5. The SMILES string of the molecule is Cc1nc2ncccc2n2c(-c3c(Cl)cccc3Cl)nnc12. The molecule has 0 fully saturated rings. The van der Waals surface area contributed by atoms with Gasteiger partial charge in [0.2, 0.25) is 0 Å². The molecule has 0 amide bonds. The number of aryl methyl sites for hydroxylation is 1. The molecule has 0 unspecified atom stereocenters. The maximum atomic E-state index is 6.32. The lowest BCUT2D eigenvalue weighted by Crippen LogP contribution is -1.99. The quantitative estimate of drug-likeness (QED) is 0.530. The molecule has 0 N–H and O–H groups in total. The Morgan fingerprint density at radius 2 is 1.77 bits per heavy atom. The van der Waals surface area contributed by atoms with Crippen molar-refractivity contribution in [1.29, 1.82) is 0 Å². The van der Waals surface area contributed by atoms with Gasteiger partial charge in [0.05, 0.1) is 26.8 Å². The van der Waals surface area contributed by atoms with Gasteiger partial charge in [-0.1, -0.05) is 29.3 Å². The third kappa shape index (κ3) is 1.86. The van der Waals surface area contributed by atoms with Crippen LogP contribution in [0.15, 0.2) is 36.5 Å². The lowest BCUT2D eigenvalue weighted by Gasteiger charge is -2.08. The molecule has 4 aromatic rings. The normalized spacial score (nSPS) is 11.4. The molecule has 0 bridgehead atoms. The van der Waals surface area contributed by atoms with Crippen LogP contribution in [0.5, 0.6) is 0 Å². The van der Waals surface area contributed by atoms with E-state index in [0.29, 0.717) is 32.7 Å². The molecule has 5 nitrogen and oxygen atoms in total. The minimum atomic E-state index is 0.522. The van der Waals surface area contributed by atoms with Crippen molar-refractivity contribution in [2.24, 2.45) is 0 Å². The van der Waals surface area contributed by atoms with Crippen LogP contribution >= 0.6 is 23.2 Å². The molecular weight excluding hydrogens is 321 g/mol. The smallest absolute Gasteiger partial charge is 0.183 e. The number of nitrogens with zero attached hydrogens (tertiary/aromatic N) is 5. The number of hydrogen-bond acceptors (Lipinski definition) is 4. The van der Waals surface area contributed by atoms with E-state index in [4.69, 9.17) is 23.2 Å². The summed E-state index contributed by atoms with van der Waals surface area (Å²) in [7, 11) is 0. The molecule has 108 valence electrons. The van der Waals surface area contributed by atoms with Crippen molar-refractivity contribution in [2.75, 3.05) is 0 Å². The Kier molecular flexibility index (Phi) is 2.99. The summed E-state index contributed by atoms with van der Waals surface area (Å²) in [6, 6.07) is 9.11. The zero-order chi connectivity index (χ0) is 15.3. The Bertz CT molecular complexity index is 1000. The van der Waals surface area contributed by atoms with E-state index in [-0.39, 0.29) is 0 Å². The molecule has 7 heteroatoms. The van der Waals surface area contributed by atoms with E-state index in [1.807, 2.05) is 23.5 Å². The summed E-state index contributed by atoms with van der Waals surface area (Å²) in [5, 5.41) is 9.55. The van der Waals surface area contributed by atoms with Crippen molar-refractivity contribution in [2.45, 2.75) is 6.92 Å². The van der Waals surface area contributed by atoms with Crippen molar-refractivity contribution in [3.63, 3.8) is 0 Å². The molecule has 0 atom stereocenters. The first kappa shape index (κ1) is 13.4. The zero-order valence-electron chi connectivity index (χ0n) is 11.5. The minimum Gasteiger partial charge on any atom is -0.270 e. The fourth-order valence-corrected chi connectivity index (χ4v) is 3.04. The molecule has 0 radical (unpaired) electrons. The molecule has 1 aromatic carbocycles. The first-order chi connectivity index (χ1) is 10.7. The highest BCUT2D eigenvalue weighted by atomic mass is 35.5. The van der Waals surface area contributed by atoms with Gasteiger partial charge in [-0.25, -0.2) is 9.97 Å². The zero-order valence-corrected chi connectivity index (χ0v) is 13.0. The molecule has 3 heterocycles. The van der Waals surface area contributed by atoms with E-state index in [9.17, 15) is 0 Å². The third-order valence-electron chi connectivity index (χ3n) is 3.45. The van der Waals surface area contributed by atoms with Crippen LogP contribution in [0, 0.1) is 6.92 Å². The van der Waals surface area contributed by atoms with E-state index in [0.717, 1.165) is 11.2 Å². The molecule has 0 aliphatic heterocycles. The number of halogens is 2. The van der Waals surface area contributed by atoms with E-state index >= 15 is 0 Å². The Morgan fingerprint density at radius 3 is 2.55 bits per heavy atom. The Balaban J connectivity index is 2.21. The van der Waals surface area contributed by atoms with Crippen LogP contribution in [0.2, 0.25) is 10.0 Å². The van der Waals surface area contributed by atoms with Crippen LogP contribution in [0.25, 0.3) is 28.2 Å². The maximum absolute atomic E-state index is 6.32. The summed E-state index contributed by atoms with van der Waals surface area (Å²) in [5.74, 6) is 0.578. The maximum Gasteiger partial charge on any atom is 0.183 e. The molecule has 0 aliphatic carbocycles. The van der Waals surface area contributed by atoms with Crippen LogP contribution in [-0.2, 0) is 0 Å². The number of benzene rings is 1. The molecule has 0 saturated heterocycles. The van der Waals surface area contributed by atoms with Gasteiger partial charge in [0.15, 0.2) is 17.1 Å². The predicted molar refractivity (Wildman–Crippen MR) is 86.3 cm³/mol. The largest absolute Gasteiger partial charge is 0.270 e. The summed E-state index contributed by atoms with van der Waals surface area (Å²) < 4.78 is 1.89. The van der Waals surface area contributed by atoms with Crippen molar-refractivity contribution < 1.29 is 0 Å². The second-order valence-corrected chi connectivity index (χ2v) is 5.64. The van der Waals surface area contributed by atoms with E-state index in [1.54, 1.807) is 24.4 Å². The van der Waals surface area contributed by atoms with Gasteiger partial charge in [-0.3, -0.25) is 4.40 Å². The van der Waals surface area contributed by atoms with Gasteiger partial charge < -0.3 is 0 Å². The first-order valence-electron chi connectivity index (χ1n) is 6.57. The number of fused-ring (bicyclic) bond motifs is 3. The molecule has 4 rings (SSSR count). The summed E-state index contributed by atoms with van der Waals surface area (Å²) in [6.07, 6.45) is 1.70. The van der Waals surface area contributed by atoms with Crippen LogP contribution in [0.1, 0.15) is 5.69 Å². The van der Waals surface area contributed by atoms with Crippen LogP contribution in [0.3, 0.4) is 0 Å². The molecule has 0 aliphatic rings. The Labute approximate surface area is 135 Å². The van der Waals surface area contributed by atoms with Gasteiger partial charge in [0.1, 0.15) is 0 Å². The van der Waals surface area contributed by atoms with Gasteiger partial charge in [0, 0.05) is 6.20 Å². The van der Waals surface area contributed by atoms with Crippen molar-refractivity contribution >= 4 is 40.0 Å². The van der Waals surface area contributed by atoms with Crippen LogP contribution in [-0.4, -0.2) is 24.6 Å². The van der Waals surface area contributed by atoms with Crippen LogP contribution in [0.4, 0.5) is 0 Å².